The average molecular weight is 212 g/mol. The van der Waals surface area contributed by atoms with E-state index in [1.165, 1.54) is 11.8 Å². The molecule has 0 rings (SSSR count). The third kappa shape index (κ3) is 7.79. The normalized spacial score (nSPS) is 11.2. The van der Waals surface area contributed by atoms with Gasteiger partial charge < -0.3 is 9.47 Å². The monoisotopic (exact) mass is 212 g/mol. The van der Waals surface area contributed by atoms with Crippen molar-refractivity contribution in [3.63, 3.8) is 0 Å². The minimum Gasteiger partial charge on any atom is -0.497 e. The van der Waals surface area contributed by atoms with Crippen LogP contribution >= 0.6 is 0 Å². The molecule has 0 saturated heterocycles. The molecule has 3 nitrogen and oxygen atoms in total. The van der Waals surface area contributed by atoms with Gasteiger partial charge in [0.05, 0.1) is 17.9 Å². The summed E-state index contributed by atoms with van der Waals surface area (Å²) in [6.07, 6.45) is 3.28. The van der Waals surface area contributed by atoms with Crippen LogP contribution < -0.4 is 0 Å². The summed E-state index contributed by atoms with van der Waals surface area (Å²) < 4.78 is 10.2. The lowest BCUT2D eigenvalue weighted by atomic mass is 10.3. The summed E-state index contributed by atoms with van der Waals surface area (Å²) in [6, 6.07) is 0. The predicted octanol–water partition coefficient (Wildman–Crippen LogP) is 2.82. The fourth-order valence-corrected chi connectivity index (χ4v) is 0.743. The number of hydrogen-bond donors (Lipinski definition) is 0. The summed E-state index contributed by atoms with van der Waals surface area (Å²) in [6.45, 7) is 9.77. The van der Waals surface area contributed by atoms with Crippen molar-refractivity contribution < 1.29 is 14.3 Å². The number of rotatable bonds is 5. The van der Waals surface area contributed by atoms with Crippen molar-refractivity contribution in [2.24, 2.45) is 0 Å². The lowest BCUT2D eigenvalue weighted by Crippen LogP contribution is -2.12. The molecule has 0 unspecified atom stereocenters. The first kappa shape index (κ1) is 13.8. The molecule has 0 aliphatic rings. The molecule has 0 aromatic heterocycles. The predicted molar refractivity (Wildman–Crippen MR) is 60.4 cm³/mol. The molecule has 0 N–H and O–H groups in total. The van der Waals surface area contributed by atoms with Crippen LogP contribution in [-0.4, -0.2) is 18.7 Å². The highest BCUT2D eigenvalue weighted by atomic mass is 16.5. The molecule has 0 spiro atoms. The van der Waals surface area contributed by atoms with Crippen molar-refractivity contribution >= 4 is 5.97 Å². The van der Waals surface area contributed by atoms with Crippen LogP contribution in [0.5, 0.6) is 0 Å². The first-order valence-corrected chi connectivity index (χ1v) is 5.06. The molecule has 0 radical (unpaired) electrons. The Bertz CT molecular complexity index is 258. The van der Waals surface area contributed by atoms with Crippen LogP contribution in [-0.2, 0) is 14.3 Å². The highest BCUT2D eigenvalue weighted by molar-refractivity contribution is 5.87. The highest BCUT2D eigenvalue weighted by Crippen LogP contribution is 2.00. The first-order chi connectivity index (χ1) is 6.93. The minimum atomic E-state index is -0.331. The van der Waals surface area contributed by atoms with E-state index >= 15 is 0 Å². The van der Waals surface area contributed by atoms with E-state index in [2.05, 4.69) is 0 Å². The molecule has 86 valence electrons. The molecule has 0 heterocycles. The molecule has 0 bridgehead atoms. The number of hydrogen-bond acceptors (Lipinski definition) is 3. The molecule has 0 saturated carbocycles. The largest absolute Gasteiger partial charge is 0.497 e. The average Bonchev–Trinajstić information content (AvgIpc) is 2.10. The summed E-state index contributed by atoms with van der Waals surface area (Å²) >= 11 is 0. The van der Waals surface area contributed by atoms with E-state index in [1.807, 2.05) is 33.8 Å². The Balaban J connectivity index is 3.98. The van der Waals surface area contributed by atoms with Gasteiger partial charge in [-0.15, -0.1) is 0 Å². The Morgan fingerprint density at radius 3 is 2.33 bits per heavy atom. The van der Waals surface area contributed by atoms with Crippen molar-refractivity contribution in [3.05, 3.63) is 23.5 Å². The van der Waals surface area contributed by atoms with Crippen molar-refractivity contribution in [3.8, 4) is 0 Å². The van der Waals surface area contributed by atoms with Crippen LogP contribution in [0.15, 0.2) is 23.5 Å². The van der Waals surface area contributed by atoms with E-state index < -0.39 is 0 Å². The maximum Gasteiger partial charge on any atom is 0.337 e. The van der Waals surface area contributed by atoms with Gasteiger partial charge in [0.15, 0.2) is 0 Å². The summed E-state index contributed by atoms with van der Waals surface area (Å²) in [5, 5.41) is 0. The van der Waals surface area contributed by atoms with Crippen LogP contribution in [0.3, 0.4) is 0 Å². The van der Waals surface area contributed by atoms with E-state index in [0.717, 1.165) is 0 Å². The van der Waals surface area contributed by atoms with Crippen molar-refractivity contribution in [2.45, 2.75) is 40.7 Å². The van der Waals surface area contributed by atoms with Crippen LogP contribution in [0, 0.1) is 0 Å². The number of carbonyl (C=O) groups is 1. The zero-order chi connectivity index (χ0) is 11.8. The van der Waals surface area contributed by atoms with Crippen LogP contribution in [0.2, 0.25) is 0 Å². The lowest BCUT2D eigenvalue weighted by Gasteiger charge is -2.07. The Morgan fingerprint density at radius 2 is 1.87 bits per heavy atom. The summed E-state index contributed by atoms with van der Waals surface area (Å²) in [5.41, 5.74) is 1.66. The second kappa shape index (κ2) is 7.10. The van der Waals surface area contributed by atoms with Gasteiger partial charge in [-0.3, -0.25) is 0 Å². The molecule has 0 fully saturated rings. The molecule has 0 aromatic carbocycles. The summed E-state index contributed by atoms with van der Waals surface area (Å²) in [4.78, 5) is 11.3. The first-order valence-electron chi connectivity index (χ1n) is 5.06. The quantitative estimate of drug-likeness (QED) is 0.231. The van der Waals surface area contributed by atoms with E-state index in [0.29, 0.717) is 12.2 Å². The fraction of sp³-hybridized carbons (Fsp3) is 0.583. The van der Waals surface area contributed by atoms with Gasteiger partial charge >= 0.3 is 5.97 Å². The zero-order valence-electron chi connectivity index (χ0n) is 10.2. The minimum absolute atomic E-state index is 0.0985. The molecule has 3 heteroatoms. The van der Waals surface area contributed by atoms with Crippen molar-refractivity contribution in [1.29, 1.82) is 0 Å². The third-order valence-corrected chi connectivity index (χ3v) is 1.51. The smallest absolute Gasteiger partial charge is 0.337 e. The lowest BCUT2D eigenvalue weighted by molar-refractivity contribution is -0.142. The zero-order valence-corrected chi connectivity index (χ0v) is 10.2. The Morgan fingerprint density at radius 1 is 1.27 bits per heavy atom. The van der Waals surface area contributed by atoms with E-state index in [1.54, 1.807) is 6.92 Å². The third-order valence-electron chi connectivity index (χ3n) is 1.51. The van der Waals surface area contributed by atoms with Crippen molar-refractivity contribution in [1.82, 2.24) is 0 Å². The molecular weight excluding hydrogens is 192 g/mol. The number of esters is 1. The fourth-order valence-electron chi connectivity index (χ4n) is 0.743. The Hall–Kier alpha value is -1.25. The van der Waals surface area contributed by atoms with Gasteiger partial charge in [0.25, 0.3) is 0 Å². The molecule has 0 amide bonds. The number of ether oxygens (including phenoxy) is 2. The number of allylic oxidation sites excluding steroid dienone is 1. The molecule has 0 aliphatic heterocycles. The maximum absolute atomic E-state index is 11.3. The van der Waals surface area contributed by atoms with Gasteiger partial charge in [0.2, 0.25) is 0 Å². The standard InChI is InChI=1S/C12H20O3/c1-9(2)6-7-14-8-11(5)12(13)15-10(3)4/h6,8,10H,7H2,1-5H3. The van der Waals surface area contributed by atoms with Crippen molar-refractivity contribution in [2.75, 3.05) is 6.61 Å². The van der Waals surface area contributed by atoms with Crippen LogP contribution in [0.25, 0.3) is 0 Å². The van der Waals surface area contributed by atoms with E-state index in [4.69, 9.17) is 9.47 Å². The topological polar surface area (TPSA) is 35.5 Å². The molecule has 0 aliphatic carbocycles. The van der Waals surface area contributed by atoms with Crippen LogP contribution in [0.1, 0.15) is 34.6 Å². The molecule has 15 heavy (non-hydrogen) atoms. The maximum atomic E-state index is 11.3. The summed E-state index contributed by atoms with van der Waals surface area (Å²) in [7, 11) is 0. The van der Waals surface area contributed by atoms with E-state index in [-0.39, 0.29) is 12.1 Å². The SMILES string of the molecule is CC(C)=CCOC=C(C)C(=O)OC(C)C. The van der Waals surface area contributed by atoms with Gasteiger partial charge in [-0.05, 0) is 40.7 Å². The van der Waals surface area contributed by atoms with Gasteiger partial charge in [-0.1, -0.05) is 5.57 Å². The Labute approximate surface area is 91.8 Å². The van der Waals surface area contributed by atoms with Gasteiger partial charge in [-0.2, -0.15) is 0 Å². The Kier molecular flexibility index (Phi) is 6.50. The van der Waals surface area contributed by atoms with Crippen LogP contribution in [0.4, 0.5) is 0 Å². The molecule has 0 atom stereocenters. The summed E-state index contributed by atoms with van der Waals surface area (Å²) in [5.74, 6) is -0.331. The van der Waals surface area contributed by atoms with Gasteiger partial charge in [0, 0.05) is 0 Å². The number of carbonyl (C=O) groups excluding carboxylic acids is 1. The second-order valence-corrected chi connectivity index (χ2v) is 3.87. The molecule has 0 aromatic rings. The highest BCUT2D eigenvalue weighted by Gasteiger charge is 2.07. The van der Waals surface area contributed by atoms with E-state index in [9.17, 15) is 4.79 Å². The van der Waals surface area contributed by atoms with Gasteiger partial charge in [0.1, 0.15) is 6.61 Å². The molecular formula is C12H20O3. The second-order valence-electron chi connectivity index (χ2n) is 3.87. The van der Waals surface area contributed by atoms with Gasteiger partial charge in [-0.25, -0.2) is 4.79 Å².